The Bertz CT molecular complexity index is 737. The topological polar surface area (TPSA) is 77.4 Å². The summed E-state index contributed by atoms with van der Waals surface area (Å²) in [5.74, 6) is 0. The molecule has 0 amide bonds. The summed E-state index contributed by atoms with van der Waals surface area (Å²) in [5.41, 5.74) is 3.02. The number of para-hydroxylation sites is 2. The van der Waals surface area contributed by atoms with Gasteiger partial charge in [-0.1, -0.05) is 36.4 Å². The average molecular weight is 311 g/mol. The second-order valence-electron chi connectivity index (χ2n) is 5.49. The molecule has 0 fully saturated rings. The lowest BCUT2D eigenvalue weighted by Gasteiger charge is -2.14. The summed E-state index contributed by atoms with van der Waals surface area (Å²) in [5, 5.41) is 26.9. The summed E-state index contributed by atoms with van der Waals surface area (Å²) in [4.78, 5) is 4.70. The minimum atomic E-state index is -0.711. The molecule has 3 rings (SSSR count). The van der Waals surface area contributed by atoms with Gasteiger partial charge in [0.05, 0.1) is 29.4 Å². The van der Waals surface area contributed by atoms with E-state index in [4.69, 9.17) is 10.1 Å². The first-order valence-electron chi connectivity index (χ1n) is 7.80. The molecule has 120 valence electrons. The molecular weight excluding hydrogens is 290 g/mol. The van der Waals surface area contributed by atoms with Crippen molar-refractivity contribution in [2.75, 3.05) is 31.6 Å². The maximum Gasteiger partial charge on any atom is 0.0894 e. The van der Waals surface area contributed by atoms with Crippen LogP contribution < -0.4 is 10.6 Å². The molecule has 0 aliphatic rings. The molecule has 1 unspecified atom stereocenters. The van der Waals surface area contributed by atoms with Gasteiger partial charge in [0, 0.05) is 30.4 Å². The zero-order chi connectivity index (χ0) is 16.1. The minimum absolute atomic E-state index is 0.222. The van der Waals surface area contributed by atoms with Gasteiger partial charge in [-0.15, -0.1) is 0 Å². The molecule has 0 bridgehead atoms. The van der Waals surface area contributed by atoms with Crippen LogP contribution in [0.5, 0.6) is 0 Å². The van der Waals surface area contributed by atoms with Crippen LogP contribution in [-0.2, 0) is 0 Å². The van der Waals surface area contributed by atoms with Crippen molar-refractivity contribution in [2.24, 2.45) is 0 Å². The summed E-state index contributed by atoms with van der Waals surface area (Å²) in [7, 11) is 0. The number of aliphatic hydroxyl groups excluding tert-OH is 2. The molecule has 3 aromatic rings. The maximum atomic E-state index is 9.32. The first-order chi connectivity index (χ1) is 11.3. The van der Waals surface area contributed by atoms with Crippen LogP contribution in [0.2, 0.25) is 0 Å². The van der Waals surface area contributed by atoms with Crippen LogP contribution in [0.15, 0.2) is 48.5 Å². The molecule has 23 heavy (non-hydrogen) atoms. The second-order valence-corrected chi connectivity index (χ2v) is 5.49. The second kappa shape index (κ2) is 7.37. The van der Waals surface area contributed by atoms with Gasteiger partial charge in [0.2, 0.25) is 0 Å². The summed E-state index contributed by atoms with van der Waals surface area (Å²) in [6.45, 7) is 1.58. The fraction of sp³-hybridized carbons (Fsp3) is 0.278. The molecule has 1 atom stereocenters. The van der Waals surface area contributed by atoms with E-state index in [-0.39, 0.29) is 6.61 Å². The highest BCUT2D eigenvalue weighted by Gasteiger charge is 2.08. The van der Waals surface area contributed by atoms with Gasteiger partial charge < -0.3 is 20.8 Å². The molecule has 0 aliphatic heterocycles. The van der Waals surface area contributed by atoms with Gasteiger partial charge in [0.1, 0.15) is 0 Å². The quantitative estimate of drug-likeness (QED) is 0.395. The summed E-state index contributed by atoms with van der Waals surface area (Å²) >= 11 is 0. The Morgan fingerprint density at radius 2 is 1.52 bits per heavy atom. The third-order valence-electron chi connectivity index (χ3n) is 3.78. The normalized spacial score (nSPS) is 12.6. The van der Waals surface area contributed by atoms with Gasteiger partial charge in [-0.3, -0.25) is 0 Å². The van der Waals surface area contributed by atoms with E-state index >= 15 is 0 Å². The molecule has 1 aromatic heterocycles. The molecule has 0 saturated heterocycles. The number of aliphatic hydroxyl groups is 2. The highest BCUT2D eigenvalue weighted by molar-refractivity contribution is 6.07. The van der Waals surface area contributed by atoms with Gasteiger partial charge in [-0.25, -0.2) is 4.98 Å². The maximum absolute atomic E-state index is 9.32. The molecule has 5 heteroatoms. The van der Waals surface area contributed by atoms with Crippen molar-refractivity contribution in [3.63, 3.8) is 0 Å². The van der Waals surface area contributed by atoms with Gasteiger partial charge in [0.25, 0.3) is 0 Å². The molecule has 5 nitrogen and oxygen atoms in total. The lowest BCUT2D eigenvalue weighted by atomic mass is 10.1. The van der Waals surface area contributed by atoms with Crippen LogP contribution in [0.4, 0.5) is 5.69 Å². The largest absolute Gasteiger partial charge is 0.394 e. The Balaban J connectivity index is 1.80. The Morgan fingerprint density at radius 1 is 0.913 bits per heavy atom. The SMILES string of the molecule is OCC(O)CNCCNc1c2ccccc2nc2ccccc12. The highest BCUT2D eigenvalue weighted by atomic mass is 16.3. The van der Waals surface area contributed by atoms with Crippen LogP contribution >= 0.6 is 0 Å². The van der Waals surface area contributed by atoms with Crippen molar-refractivity contribution in [1.29, 1.82) is 0 Å². The zero-order valence-corrected chi connectivity index (χ0v) is 12.9. The first-order valence-corrected chi connectivity index (χ1v) is 7.80. The van der Waals surface area contributed by atoms with E-state index in [1.54, 1.807) is 0 Å². The van der Waals surface area contributed by atoms with Gasteiger partial charge in [-0.05, 0) is 12.1 Å². The van der Waals surface area contributed by atoms with Crippen molar-refractivity contribution in [2.45, 2.75) is 6.10 Å². The van der Waals surface area contributed by atoms with Crippen LogP contribution in [-0.4, -0.2) is 47.5 Å². The smallest absolute Gasteiger partial charge is 0.0894 e. The number of fused-ring (bicyclic) bond motifs is 2. The number of pyridine rings is 1. The van der Waals surface area contributed by atoms with Crippen LogP contribution in [0.3, 0.4) is 0 Å². The van der Waals surface area contributed by atoms with Crippen molar-refractivity contribution in [3.05, 3.63) is 48.5 Å². The number of anilines is 1. The standard InChI is InChI=1S/C18H21N3O2/c22-12-13(23)11-19-9-10-20-18-14-5-1-3-7-16(14)21-17-8-4-2-6-15(17)18/h1-8,13,19,22-23H,9-12H2,(H,20,21). The summed E-state index contributed by atoms with van der Waals surface area (Å²) in [6.07, 6.45) is -0.711. The van der Waals surface area contributed by atoms with Gasteiger partial charge >= 0.3 is 0 Å². The van der Waals surface area contributed by atoms with E-state index in [1.807, 2.05) is 36.4 Å². The fourth-order valence-electron chi connectivity index (χ4n) is 2.64. The van der Waals surface area contributed by atoms with E-state index in [2.05, 4.69) is 22.8 Å². The number of hydrogen-bond donors (Lipinski definition) is 4. The van der Waals surface area contributed by atoms with Gasteiger partial charge in [-0.2, -0.15) is 0 Å². The van der Waals surface area contributed by atoms with Crippen molar-refractivity contribution in [3.8, 4) is 0 Å². The molecule has 0 radical (unpaired) electrons. The summed E-state index contributed by atoms with van der Waals surface area (Å²) in [6, 6.07) is 16.2. The van der Waals surface area contributed by atoms with Crippen LogP contribution in [0.25, 0.3) is 21.8 Å². The van der Waals surface area contributed by atoms with Gasteiger partial charge in [0.15, 0.2) is 0 Å². The molecule has 0 aliphatic carbocycles. The van der Waals surface area contributed by atoms with E-state index < -0.39 is 6.10 Å². The first kappa shape index (κ1) is 15.7. The molecule has 1 heterocycles. The number of nitrogens with zero attached hydrogens (tertiary/aromatic N) is 1. The van der Waals surface area contributed by atoms with Crippen molar-refractivity contribution < 1.29 is 10.2 Å². The Kier molecular flexibility index (Phi) is 5.02. The average Bonchev–Trinajstić information content (AvgIpc) is 2.60. The molecule has 4 N–H and O–H groups in total. The third kappa shape index (κ3) is 3.59. The predicted molar refractivity (Wildman–Crippen MR) is 93.7 cm³/mol. The minimum Gasteiger partial charge on any atom is -0.394 e. The van der Waals surface area contributed by atoms with E-state index in [9.17, 15) is 5.11 Å². The Hall–Kier alpha value is -2.21. The Labute approximate surface area is 135 Å². The predicted octanol–water partition coefficient (Wildman–Crippen LogP) is 1.74. The lowest BCUT2D eigenvalue weighted by Crippen LogP contribution is -2.32. The highest BCUT2D eigenvalue weighted by Crippen LogP contribution is 2.30. The van der Waals surface area contributed by atoms with Crippen molar-refractivity contribution >= 4 is 27.5 Å². The van der Waals surface area contributed by atoms with Crippen LogP contribution in [0, 0.1) is 0 Å². The number of nitrogens with one attached hydrogen (secondary N) is 2. The summed E-state index contributed by atoms with van der Waals surface area (Å²) < 4.78 is 0. The number of aromatic nitrogens is 1. The molecular formula is C18H21N3O2. The van der Waals surface area contributed by atoms with E-state index in [0.717, 1.165) is 34.0 Å². The Morgan fingerprint density at radius 3 is 2.13 bits per heavy atom. The zero-order valence-electron chi connectivity index (χ0n) is 12.9. The van der Waals surface area contributed by atoms with Crippen molar-refractivity contribution in [1.82, 2.24) is 10.3 Å². The monoisotopic (exact) mass is 311 g/mol. The number of rotatable bonds is 7. The van der Waals surface area contributed by atoms with Crippen LogP contribution in [0.1, 0.15) is 0 Å². The molecule has 2 aromatic carbocycles. The van der Waals surface area contributed by atoms with E-state index in [0.29, 0.717) is 13.1 Å². The fourth-order valence-corrected chi connectivity index (χ4v) is 2.64. The molecule has 0 spiro atoms. The number of benzene rings is 2. The molecule has 0 saturated carbocycles. The van der Waals surface area contributed by atoms with E-state index in [1.165, 1.54) is 0 Å². The lowest BCUT2D eigenvalue weighted by molar-refractivity contribution is 0.0949. The number of hydrogen-bond acceptors (Lipinski definition) is 5. The third-order valence-corrected chi connectivity index (χ3v) is 3.78.